The number of rotatable bonds is 2. The highest BCUT2D eigenvalue weighted by atomic mass is 15.4. The van der Waals surface area contributed by atoms with E-state index in [1.165, 1.54) is 13.0 Å². The molecule has 4 heteroatoms. The lowest BCUT2D eigenvalue weighted by Crippen LogP contribution is -2.21. The van der Waals surface area contributed by atoms with Crippen molar-refractivity contribution >= 4 is 0 Å². The van der Waals surface area contributed by atoms with Crippen LogP contribution in [0.1, 0.15) is 25.1 Å². The summed E-state index contributed by atoms with van der Waals surface area (Å²) in [6, 6.07) is 0.543. The Balaban J connectivity index is 2.03. The topological polar surface area (TPSA) is 34.0 Å². The molecule has 0 spiro atoms. The number of aromatic nitrogens is 3. The van der Waals surface area contributed by atoms with Gasteiger partial charge >= 0.3 is 0 Å². The van der Waals surface area contributed by atoms with Crippen molar-refractivity contribution < 1.29 is 0 Å². The molecular weight excluding hydrogens is 164 g/mol. The van der Waals surface area contributed by atoms with Gasteiger partial charge in [-0.25, -0.2) is 4.68 Å². The molecule has 1 atom stereocenters. The predicted octanol–water partition coefficient (Wildman–Crippen LogP) is 0.853. The summed E-state index contributed by atoms with van der Waals surface area (Å²) in [4.78, 5) is 2.45. The van der Waals surface area contributed by atoms with Gasteiger partial charge in [0.05, 0.1) is 11.7 Å². The van der Waals surface area contributed by atoms with Crippen LogP contribution in [0, 0.1) is 6.92 Å². The van der Waals surface area contributed by atoms with E-state index in [0.717, 1.165) is 18.8 Å². The second-order valence-electron chi connectivity index (χ2n) is 3.68. The molecule has 1 aromatic heterocycles. The highest BCUT2D eigenvalue weighted by molar-refractivity contribution is 4.90. The Morgan fingerprint density at radius 3 is 3.00 bits per heavy atom. The summed E-state index contributed by atoms with van der Waals surface area (Å²) in [5.74, 6) is 0. The normalized spacial score (nSPS) is 24.0. The smallest absolute Gasteiger partial charge is 0.0796 e. The van der Waals surface area contributed by atoms with E-state index in [2.05, 4.69) is 22.1 Å². The van der Waals surface area contributed by atoms with Crippen molar-refractivity contribution in [1.82, 2.24) is 19.9 Å². The molecule has 4 nitrogen and oxygen atoms in total. The van der Waals surface area contributed by atoms with Crippen molar-refractivity contribution in [3.8, 4) is 0 Å². The number of nitrogens with zero attached hydrogens (tertiary/aromatic N) is 4. The van der Waals surface area contributed by atoms with Crippen molar-refractivity contribution in [3.05, 3.63) is 11.9 Å². The fraction of sp³-hybridized carbons (Fsp3) is 0.778. The molecule has 0 unspecified atom stereocenters. The molecular formula is C9H16N4. The minimum absolute atomic E-state index is 0.543. The number of hydrogen-bond acceptors (Lipinski definition) is 3. The van der Waals surface area contributed by atoms with Gasteiger partial charge in [-0.05, 0) is 19.9 Å². The zero-order valence-corrected chi connectivity index (χ0v) is 8.27. The van der Waals surface area contributed by atoms with Crippen molar-refractivity contribution in [3.63, 3.8) is 0 Å². The van der Waals surface area contributed by atoms with Crippen LogP contribution in [0.15, 0.2) is 6.20 Å². The molecule has 0 amide bonds. The first-order valence-electron chi connectivity index (χ1n) is 4.90. The van der Waals surface area contributed by atoms with E-state index in [1.54, 1.807) is 0 Å². The third-order valence-electron chi connectivity index (χ3n) is 2.69. The molecule has 1 saturated heterocycles. The summed E-state index contributed by atoms with van der Waals surface area (Å²) >= 11 is 0. The van der Waals surface area contributed by atoms with Gasteiger partial charge in [0.2, 0.25) is 0 Å². The molecule has 2 rings (SSSR count). The van der Waals surface area contributed by atoms with Crippen LogP contribution in [0.4, 0.5) is 0 Å². The van der Waals surface area contributed by atoms with E-state index >= 15 is 0 Å². The summed E-state index contributed by atoms with van der Waals surface area (Å²) in [6.07, 6.45) is 3.24. The van der Waals surface area contributed by atoms with Gasteiger partial charge in [0, 0.05) is 19.3 Å². The molecule has 1 aliphatic rings. The second kappa shape index (κ2) is 3.46. The summed E-state index contributed by atoms with van der Waals surface area (Å²) in [5, 5.41) is 8.11. The molecule has 0 bridgehead atoms. The van der Waals surface area contributed by atoms with Gasteiger partial charge in [-0.15, -0.1) is 5.10 Å². The Hall–Kier alpha value is -0.900. The van der Waals surface area contributed by atoms with E-state index in [1.807, 2.05) is 17.8 Å². The van der Waals surface area contributed by atoms with E-state index < -0.39 is 0 Å². The van der Waals surface area contributed by atoms with Gasteiger partial charge in [0.25, 0.3) is 0 Å². The van der Waals surface area contributed by atoms with Crippen LogP contribution in [0.2, 0.25) is 0 Å². The fourth-order valence-electron chi connectivity index (χ4n) is 1.86. The average molecular weight is 180 g/mol. The van der Waals surface area contributed by atoms with Crippen LogP contribution in [0.3, 0.4) is 0 Å². The summed E-state index contributed by atoms with van der Waals surface area (Å²) in [7, 11) is 0. The molecule has 0 saturated carbocycles. The van der Waals surface area contributed by atoms with Crippen molar-refractivity contribution in [2.45, 2.75) is 26.3 Å². The Bertz CT molecular complexity index is 281. The Morgan fingerprint density at radius 2 is 2.46 bits per heavy atom. The lowest BCUT2D eigenvalue weighted by atomic mass is 10.3. The molecule has 0 aliphatic carbocycles. The summed E-state index contributed by atoms with van der Waals surface area (Å²) in [5.41, 5.74) is 1.01. The average Bonchev–Trinajstić information content (AvgIpc) is 2.71. The number of aryl methyl sites for hydroxylation is 1. The quantitative estimate of drug-likeness (QED) is 0.676. The van der Waals surface area contributed by atoms with Crippen LogP contribution >= 0.6 is 0 Å². The van der Waals surface area contributed by atoms with Gasteiger partial charge in [0.15, 0.2) is 0 Å². The van der Waals surface area contributed by atoms with Crippen molar-refractivity contribution in [2.24, 2.45) is 0 Å². The maximum atomic E-state index is 4.11. The van der Waals surface area contributed by atoms with Crippen LogP contribution in [0.5, 0.6) is 0 Å². The lowest BCUT2D eigenvalue weighted by molar-refractivity contribution is 0.334. The molecule has 1 aromatic rings. The van der Waals surface area contributed by atoms with E-state index in [0.29, 0.717) is 6.04 Å². The first-order chi connectivity index (χ1) is 6.29. The van der Waals surface area contributed by atoms with E-state index in [-0.39, 0.29) is 0 Å². The van der Waals surface area contributed by atoms with Gasteiger partial charge in [-0.2, -0.15) is 0 Å². The fourth-order valence-corrected chi connectivity index (χ4v) is 1.86. The molecule has 0 N–H and O–H groups in total. The summed E-state index contributed by atoms with van der Waals surface area (Å²) < 4.78 is 2.00. The second-order valence-corrected chi connectivity index (χ2v) is 3.68. The Labute approximate surface area is 78.5 Å². The number of likely N-dealkylation sites (N-methyl/N-ethyl adjacent to an activating group) is 1. The van der Waals surface area contributed by atoms with Gasteiger partial charge in [-0.1, -0.05) is 12.1 Å². The lowest BCUT2D eigenvalue weighted by Gasteiger charge is -2.12. The Kier molecular flexibility index (Phi) is 2.31. The molecule has 2 heterocycles. The third kappa shape index (κ3) is 1.72. The highest BCUT2D eigenvalue weighted by Gasteiger charge is 2.23. The number of likely N-dealkylation sites (tertiary alicyclic amines) is 1. The zero-order valence-electron chi connectivity index (χ0n) is 8.27. The largest absolute Gasteiger partial charge is 0.301 e. The van der Waals surface area contributed by atoms with E-state index in [9.17, 15) is 0 Å². The van der Waals surface area contributed by atoms with Crippen LogP contribution in [-0.4, -0.2) is 39.5 Å². The molecule has 1 aliphatic heterocycles. The highest BCUT2D eigenvalue weighted by Crippen LogP contribution is 2.19. The Morgan fingerprint density at radius 1 is 1.62 bits per heavy atom. The number of hydrogen-bond donors (Lipinski definition) is 0. The third-order valence-corrected chi connectivity index (χ3v) is 2.69. The monoisotopic (exact) mass is 180 g/mol. The summed E-state index contributed by atoms with van der Waals surface area (Å²) in [6.45, 7) is 7.65. The molecule has 72 valence electrons. The maximum absolute atomic E-state index is 4.11. The predicted molar refractivity (Wildman–Crippen MR) is 50.5 cm³/mol. The van der Waals surface area contributed by atoms with Crippen molar-refractivity contribution in [1.29, 1.82) is 0 Å². The molecule has 0 radical (unpaired) electrons. The SMILES string of the molecule is CCN1CC[C@@H](n2cc(C)nn2)C1. The van der Waals surface area contributed by atoms with Gasteiger partial charge in [0.1, 0.15) is 0 Å². The standard InChI is InChI=1S/C9H16N4/c1-3-12-5-4-9(7-12)13-6-8(2)10-11-13/h6,9H,3-5,7H2,1-2H3/t9-/m1/s1. The minimum atomic E-state index is 0.543. The first kappa shape index (κ1) is 8.69. The maximum Gasteiger partial charge on any atom is 0.0796 e. The van der Waals surface area contributed by atoms with Gasteiger partial charge in [-0.3, -0.25) is 0 Å². The van der Waals surface area contributed by atoms with E-state index in [4.69, 9.17) is 0 Å². The molecule has 13 heavy (non-hydrogen) atoms. The van der Waals surface area contributed by atoms with Crippen LogP contribution in [0.25, 0.3) is 0 Å². The first-order valence-corrected chi connectivity index (χ1v) is 4.90. The van der Waals surface area contributed by atoms with Crippen molar-refractivity contribution in [2.75, 3.05) is 19.6 Å². The van der Waals surface area contributed by atoms with Crippen LogP contribution < -0.4 is 0 Å². The van der Waals surface area contributed by atoms with Crippen LogP contribution in [-0.2, 0) is 0 Å². The minimum Gasteiger partial charge on any atom is -0.301 e. The molecule has 0 aromatic carbocycles. The zero-order chi connectivity index (χ0) is 9.26. The molecule has 1 fully saturated rings. The van der Waals surface area contributed by atoms with Gasteiger partial charge < -0.3 is 4.90 Å².